The summed E-state index contributed by atoms with van der Waals surface area (Å²) in [6, 6.07) is 13.8. The SMILES string of the molecule is COc1ccc(Sc2ccccc2C=NN)cc1OC. The van der Waals surface area contributed by atoms with Crippen LogP contribution in [-0.2, 0) is 0 Å². The Morgan fingerprint density at radius 2 is 1.80 bits per heavy atom. The van der Waals surface area contributed by atoms with E-state index in [2.05, 4.69) is 5.10 Å². The van der Waals surface area contributed by atoms with Gasteiger partial charge in [-0.15, -0.1) is 0 Å². The molecule has 0 unspecified atom stereocenters. The third-order valence-corrected chi connectivity index (χ3v) is 3.80. The molecule has 0 saturated heterocycles. The predicted octanol–water partition coefficient (Wildman–Crippen LogP) is 3.15. The zero-order chi connectivity index (χ0) is 14.4. The van der Waals surface area contributed by atoms with Crippen molar-refractivity contribution in [3.63, 3.8) is 0 Å². The summed E-state index contributed by atoms with van der Waals surface area (Å²) in [5.41, 5.74) is 0.981. The van der Waals surface area contributed by atoms with Crippen LogP contribution < -0.4 is 15.3 Å². The highest BCUT2D eigenvalue weighted by Crippen LogP contribution is 2.36. The molecule has 0 aliphatic rings. The summed E-state index contributed by atoms with van der Waals surface area (Å²) in [6.45, 7) is 0. The Hall–Kier alpha value is -2.14. The van der Waals surface area contributed by atoms with Crippen LogP contribution in [0.25, 0.3) is 0 Å². The number of hydrogen-bond acceptors (Lipinski definition) is 5. The van der Waals surface area contributed by atoms with Crippen molar-refractivity contribution >= 4 is 18.0 Å². The lowest BCUT2D eigenvalue weighted by molar-refractivity contribution is 0.354. The Morgan fingerprint density at radius 3 is 2.50 bits per heavy atom. The molecule has 104 valence electrons. The van der Waals surface area contributed by atoms with E-state index in [9.17, 15) is 0 Å². The molecule has 20 heavy (non-hydrogen) atoms. The van der Waals surface area contributed by atoms with Crippen LogP contribution in [-0.4, -0.2) is 20.4 Å². The van der Waals surface area contributed by atoms with E-state index in [-0.39, 0.29) is 0 Å². The van der Waals surface area contributed by atoms with E-state index in [0.717, 1.165) is 15.4 Å². The van der Waals surface area contributed by atoms with Crippen LogP contribution in [0.3, 0.4) is 0 Å². The number of hydrazone groups is 1. The van der Waals surface area contributed by atoms with Gasteiger partial charge in [0, 0.05) is 15.4 Å². The minimum Gasteiger partial charge on any atom is -0.493 e. The fourth-order valence-corrected chi connectivity index (χ4v) is 2.71. The highest BCUT2D eigenvalue weighted by Gasteiger charge is 2.07. The van der Waals surface area contributed by atoms with Crippen LogP contribution in [0.2, 0.25) is 0 Å². The molecule has 2 aromatic carbocycles. The normalized spacial score (nSPS) is 10.7. The van der Waals surface area contributed by atoms with Gasteiger partial charge in [0.25, 0.3) is 0 Å². The van der Waals surface area contributed by atoms with Gasteiger partial charge in [0.15, 0.2) is 11.5 Å². The molecule has 0 spiro atoms. The predicted molar refractivity (Wildman–Crippen MR) is 81.9 cm³/mol. The number of nitrogens with two attached hydrogens (primary N) is 1. The van der Waals surface area contributed by atoms with Crippen molar-refractivity contribution in [3.05, 3.63) is 48.0 Å². The molecule has 0 saturated carbocycles. The summed E-state index contributed by atoms with van der Waals surface area (Å²) in [4.78, 5) is 2.13. The molecule has 0 heterocycles. The first-order chi connectivity index (χ1) is 9.78. The molecule has 5 heteroatoms. The summed E-state index contributed by atoms with van der Waals surface area (Å²) in [6.07, 6.45) is 1.64. The highest BCUT2D eigenvalue weighted by atomic mass is 32.2. The van der Waals surface area contributed by atoms with E-state index in [4.69, 9.17) is 15.3 Å². The van der Waals surface area contributed by atoms with Crippen molar-refractivity contribution in [1.82, 2.24) is 0 Å². The first-order valence-corrected chi connectivity index (χ1v) is 6.82. The van der Waals surface area contributed by atoms with E-state index in [1.54, 1.807) is 32.2 Å². The van der Waals surface area contributed by atoms with E-state index in [1.807, 2.05) is 42.5 Å². The number of nitrogens with zero attached hydrogens (tertiary/aromatic N) is 1. The monoisotopic (exact) mass is 288 g/mol. The Balaban J connectivity index is 2.30. The maximum absolute atomic E-state index is 5.31. The Morgan fingerprint density at radius 1 is 1.05 bits per heavy atom. The van der Waals surface area contributed by atoms with Crippen molar-refractivity contribution in [2.75, 3.05) is 14.2 Å². The Kier molecular flexibility index (Phi) is 4.90. The number of ether oxygens (including phenoxy) is 2. The maximum Gasteiger partial charge on any atom is 0.161 e. The zero-order valence-corrected chi connectivity index (χ0v) is 12.2. The molecule has 0 aliphatic heterocycles. The quantitative estimate of drug-likeness (QED) is 0.521. The van der Waals surface area contributed by atoms with Gasteiger partial charge in [0.1, 0.15) is 0 Å². The minimum atomic E-state index is 0.711. The summed E-state index contributed by atoms with van der Waals surface area (Å²) in [5.74, 6) is 6.66. The summed E-state index contributed by atoms with van der Waals surface area (Å²) < 4.78 is 10.5. The van der Waals surface area contributed by atoms with Gasteiger partial charge in [-0.1, -0.05) is 30.0 Å². The second-order valence-corrected chi connectivity index (χ2v) is 5.05. The van der Waals surface area contributed by atoms with Gasteiger partial charge in [-0.05, 0) is 24.3 Å². The Bertz CT molecular complexity index is 615. The van der Waals surface area contributed by atoms with Crippen LogP contribution >= 0.6 is 11.8 Å². The average Bonchev–Trinajstić information content (AvgIpc) is 2.49. The molecule has 0 aromatic heterocycles. The number of hydrogen-bond donors (Lipinski definition) is 1. The molecule has 2 N–H and O–H groups in total. The molecule has 2 aromatic rings. The second kappa shape index (κ2) is 6.86. The van der Waals surface area contributed by atoms with Crippen LogP contribution in [0.5, 0.6) is 11.5 Å². The molecule has 0 atom stereocenters. The smallest absolute Gasteiger partial charge is 0.161 e. The number of methoxy groups -OCH3 is 2. The van der Waals surface area contributed by atoms with E-state index in [0.29, 0.717) is 11.5 Å². The van der Waals surface area contributed by atoms with Crippen LogP contribution in [0.15, 0.2) is 57.4 Å². The van der Waals surface area contributed by atoms with E-state index >= 15 is 0 Å². The molecule has 4 nitrogen and oxygen atoms in total. The number of benzene rings is 2. The third-order valence-electron chi connectivity index (χ3n) is 2.72. The third kappa shape index (κ3) is 3.24. The van der Waals surface area contributed by atoms with Crippen molar-refractivity contribution in [1.29, 1.82) is 0 Å². The maximum atomic E-state index is 5.31. The van der Waals surface area contributed by atoms with E-state index in [1.165, 1.54) is 0 Å². The fourth-order valence-electron chi connectivity index (χ4n) is 1.77. The lowest BCUT2D eigenvalue weighted by atomic mass is 10.2. The zero-order valence-electron chi connectivity index (χ0n) is 11.4. The molecule has 0 radical (unpaired) electrons. The van der Waals surface area contributed by atoms with Gasteiger partial charge < -0.3 is 15.3 Å². The molecule has 0 fully saturated rings. The summed E-state index contributed by atoms with van der Waals surface area (Å²) in [5, 5.41) is 3.59. The standard InChI is InChI=1S/C15H16N2O2S/c1-18-13-8-7-12(9-14(13)19-2)20-15-6-4-3-5-11(15)10-17-16/h3-10H,16H2,1-2H3. The first-order valence-electron chi connectivity index (χ1n) is 6.00. The van der Waals surface area contributed by atoms with Crippen molar-refractivity contribution in [2.45, 2.75) is 9.79 Å². The lowest BCUT2D eigenvalue weighted by Crippen LogP contribution is -1.91. The topological polar surface area (TPSA) is 56.8 Å². The fraction of sp³-hybridized carbons (Fsp3) is 0.133. The average molecular weight is 288 g/mol. The summed E-state index contributed by atoms with van der Waals surface area (Å²) in [7, 11) is 3.25. The van der Waals surface area contributed by atoms with Crippen molar-refractivity contribution in [2.24, 2.45) is 10.9 Å². The molecule has 0 bridgehead atoms. The number of rotatable bonds is 5. The van der Waals surface area contributed by atoms with Gasteiger partial charge in [0.2, 0.25) is 0 Å². The van der Waals surface area contributed by atoms with Crippen LogP contribution in [0, 0.1) is 0 Å². The first kappa shape index (κ1) is 14.3. The van der Waals surface area contributed by atoms with Gasteiger partial charge in [-0.2, -0.15) is 5.10 Å². The largest absolute Gasteiger partial charge is 0.493 e. The highest BCUT2D eigenvalue weighted by molar-refractivity contribution is 7.99. The van der Waals surface area contributed by atoms with Crippen LogP contribution in [0.1, 0.15) is 5.56 Å². The molecule has 2 rings (SSSR count). The lowest BCUT2D eigenvalue weighted by Gasteiger charge is -2.10. The minimum absolute atomic E-state index is 0.711. The van der Waals surface area contributed by atoms with Gasteiger partial charge in [-0.3, -0.25) is 0 Å². The molecular formula is C15H16N2O2S. The molecule has 0 amide bonds. The van der Waals surface area contributed by atoms with Gasteiger partial charge in [0.05, 0.1) is 20.4 Å². The van der Waals surface area contributed by atoms with E-state index < -0.39 is 0 Å². The molecular weight excluding hydrogens is 272 g/mol. The second-order valence-electron chi connectivity index (χ2n) is 3.93. The van der Waals surface area contributed by atoms with Crippen molar-refractivity contribution in [3.8, 4) is 11.5 Å². The van der Waals surface area contributed by atoms with Crippen molar-refractivity contribution < 1.29 is 9.47 Å². The van der Waals surface area contributed by atoms with Gasteiger partial charge in [-0.25, -0.2) is 0 Å². The summed E-state index contributed by atoms with van der Waals surface area (Å²) >= 11 is 1.62. The Labute approximate surface area is 122 Å². The van der Waals surface area contributed by atoms with Crippen LogP contribution in [0.4, 0.5) is 0 Å². The van der Waals surface area contributed by atoms with Gasteiger partial charge >= 0.3 is 0 Å². The molecule has 0 aliphatic carbocycles.